The van der Waals surface area contributed by atoms with Gasteiger partial charge in [-0.3, -0.25) is 10.1 Å². The Bertz CT molecular complexity index is 445. The third kappa shape index (κ3) is 3.42. The lowest BCUT2D eigenvalue weighted by molar-refractivity contribution is -0.384. The molecule has 1 rings (SSSR count). The quantitative estimate of drug-likeness (QED) is 0.472. The van der Waals surface area contributed by atoms with Crippen molar-refractivity contribution in [3.63, 3.8) is 0 Å². The zero-order chi connectivity index (χ0) is 13.0. The Hall–Kier alpha value is -1.62. The Balaban J connectivity index is 2.95. The van der Waals surface area contributed by atoms with Crippen molar-refractivity contribution in [1.29, 1.82) is 0 Å². The molecule has 1 aromatic carbocycles. The molecule has 92 valence electrons. The van der Waals surface area contributed by atoms with Gasteiger partial charge in [-0.25, -0.2) is 4.79 Å². The van der Waals surface area contributed by atoms with Crippen LogP contribution in [-0.2, 0) is 4.74 Å². The molecule has 0 aromatic heterocycles. The number of carbonyl (C=O) groups is 1. The third-order valence-corrected chi connectivity index (χ3v) is 2.34. The van der Waals surface area contributed by atoms with Gasteiger partial charge in [0.2, 0.25) is 0 Å². The molecular weight excluding hydrogens is 246 g/mol. The largest absolute Gasteiger partial charge is 0.462 e. The van der Waals surface area contributed by atoms with E-state index in [4.69, 9.17) is 16.3 Å². The molecule has 0 aliphatic rings. The molecule has 17 heavy (non-hydrogen) atoms. The van der Waals surface area contributed by atoms with Gasteiger partial charge >= 0.3 is 5.97 Å². The maximum absolute atomic E-state index is 11.6. The summed E-state index contributed by atoms with van der Waals surface area (Å²) in [6.45, 7) is 4.03. The van der Waals surface area contributed by atoms with Gasteiger partial charge in [-0.2, -0.15) is 0 Å². The number of benzene rings is 1. The van der Waals surface area contributed by atoms with Crippen molar-refractivity contribution in [2.75, 3.05) is 6.61 Å². The molecule has 0 saturated carbocycles. The van der Waals surface area contributed by atoms with Crippen molar-refractivity contribution in [3.8, 4) is 0 Å². The van der Waals surface area contributed by atoms with Crippen LogP contribution in [0.1, 0.15) is 24.2 Å². The van der Waals surface area contributed by atoms with Gasteiger partial charge in [-0.1, -0.05) is 31.5 Å². The third-order valence-electron chi connectivity index (χ3n) is 1.94. The number of hydrogen-bond acceptors (Lipinski definition) is 4. The molecule has 0 unspecified atom stereocenters. The van der Waals surface area contributed by atoms with Crippen LogP contribution in [0.3, 0.4) is 0 Å². The van der Waals surface area contributed by atoms with Crippen LogP contribution >= 0.6 is 11.6 Å². The van der Waals surface area contributed by atoms with Gasteiger partial charge in [0.25, 0.3) is 5.69 Å². The maximum atomic E-state index is 11.6. The number of nitrogens with zero attached hydrogens (tertiary/aromatic N) is 1. The Morgan fingerprint density at radius 1 is 1.53 bits per heavy atom. The molecule has 5 nitrogen and oxygen atoms in total. The molecule has 0 amide bonds. The highest BCUT2D eigenvalue weighted by atomic mass is 35.5. The minimum absolute atomic E-state index is 0.0153. The average Bonchev–Trinajstić information content (AvgIpc) is 2.25. The molecule has 6 heteroatoms. The highest BCUT2D eigenvalue weighted by molar-refractivity contribution is 6.35. The summed E-state index contributed by atoms with van der Waals surface area (Å²) in [4.78, 5) is 21.6. The van der Waals surface area contributed by atoms with E-state index in [0.29, 0.717) is 0 Å². The first kappa shape index (κ1) is 13.4. The first-order valence-electron chi connectivity index (χ1n) is 5.03. The highest BCUT2D eigenvalue weighted by Crippen LogP contribution is 2.28. The summed E-state index contributed by atoms with van der Waals surface area (Å²) in [6, 6.07) is 4.04. The molecule has 0 spiro atoms. The zero-order valence-corrected chi connectivity index (χ0v) is 10.2. The van der Waals surface area contributed by atoms with E-state index in [1.165, 1.54) is 18.2 Å². The topological polar surface area (TPSA) is 69.4 Å². The van der Waals surface area contributed by atoms with E-state index >= 15 is 0 Å². The fraction of sp³-hybridized carbons (Fsp3) is 0.364. The predicted octanol–water partition coefficient (Wildman–Crippen LogP) is 3.06. The highest BCUT2D eigenvalue weighted by Gasteiger charge is 2.20. The van der Waals surface area contributed by atoms with Crippen LogP contribution in [0.15, 0.2) is 18.2 Å². The molecule has 0 radical (unpaired) electrons. The van der Waals surface area contributed by atoms with Crippen LogP contribution < -0.4 is 0 Å². The molecule has 0 bridgehead atoms. The van der Waals surface area contributed by atoms with Gasteiger partial charge in [0.05, 0.1) is 17.1 Å². The molecule has 0 aliphatic carbocycles. The van der Waals surface area contributed by atoms with Gasteiger partial charge in [0.1, 0.15) is 5.02 Å². The number of ether oxygens (including phenoxy) is 1. The average molecular weight is 258 g/mol. The van der Waals surface area contributed by atoms with Gasteiger partial charge in [-0.15, -0.1) is 0 Å². The summed E-state index contributed by atoms with van der Waals surface area (Å²) in [7, 11) is 0. The molecule has 0 N–H and O–H groups in total. The number of esters is 1. The van der Waals surface area contributed by atoms with Crippen LogP contribution in [0.4, 0.5) is 5.69 Å². The van der Waals surface area contributed by atoms with Crippen molar-refractivity contribution >= 4 is 23.3 Å². The van der Waals surface area contributed by atoms with Gasteiger partial charge in [-0.05, 0) is 12.0 Å². The number of hydrogen-bond donors (Lipinski definition) is 0. The number of rotatable bonds is 4. The van der Waals surface area contributed by atoms with E-state index in [-0.39, 0.29) is 28.8 Å². The number of halogens is 1. The molecule has 0 aliphatic heterocycles. The van der Waals surface area contributed by atoms with E-state index in [1.807, 2.05) is 13.8 Å². The van der Waals surface area contributed by atoms with Crippen LogP contribution in [-0.4, -0.2) is 17.5 Å². The number of carbonyl (C=O) groups excluding carboxylic acids is 1. The minimum atomic E-state index is -0.646. The fourth-order valence-corrected chi connectivity index (χ4v) is 1.41. The maximum Gasteiger partial charge on any atom is 0.339 e. The summed E-state index contributed by atoms with van der Waals surface area (Å²) >= 11 is 5.77. The van der Waals surface area contributed by atoms with Crippen LogP contribution in [0, 0.1) is 16.0 Å². The van der Waals surface area contributed by atoms with Gasteiger partial charge in [0, 0.05) is 6.07 Å². The molecule has 0 atom stereocenters. The lowest BCUT2D eigenvalue weighted by Crippen LogP contribution is -2.11. The van der Waals surface area contributed by atoms with Crippen LogP contribution in [0.5, 0.6) is 0 Å². The number of nitro benzene ring substituents is 1. The minimum Gasteiger partial charge on any atom is -0.462 e. The van der Waals surface area contributed by atoms with Crippen molar-refractivity contribution in [3.05, 3.63) is 38.9 Å². The lowest BCUT2D eigenvalue weighted by atomic mass is 10.2. The standard InChI is InChI=1S/C11H12ClNO4/c1-7(2)6-17-11(14)8-4-3-5-9(10(8)12)13(15)16/h3-5,7H,6H2,1-2H3. The van der Waals surface area contributed by atoms with Crippen LogP contribution in [0.2, 0.25) is 5.02 Å². The zero-order valence-electron chi connectivity index (χ0n) is 9.47. The van der Waals surface area contributed by atoms with E-state index in [0.717, 1.165) is 0 Å². The van der Waals surface area contributed by atoms with E-state index < -0.39 is 10.9 Å². The Labute approximate surface area is 103 Å². The number of nitro groups is 1. The van der Waals surface area contributed by atoms with E-state index in [2.05, 4.69) is 0 Å². The van der Waals surface area contributed by atoms with Gasteiger partial charge in [0.15, 0.2) is 0 Å². The smallest absolute Gasteiger partial charge is 0.339 e. The second-order valence-electron chi connectivity index (χ2n) is 3.89. The van der Waals surface area contributed by atoms with Crippen molar-refractivity contribution < 1.29 is 14.5 Å². The molecule has 1 aromatic rings. The second kappa shape index (κ2) is 5.63. The first-order chi connectivity index (χ1) is 7.93. The first-order valence-corrected chi connectivity index (χ1v) is 5.41. The summed E-state index contributed by atoms with van der Waals surface area (Å²) in [5.41, 5.74) is -0.285. The van der Waals surface area contributed by atoms with E-state index in [1.54, 1.807) is 0 Å². The summed E-state index contributed by atoms with van der Waals surface area (Å²) in [5.74, 6) is -0.455. The SMILES string of the molecule is CC(C)COC(=O)c1cccc([N+](=O)[O-])c1Cl. The Kier molecular flexibility index (Phi) is 4.45. The van der Waals surface area contributed by atoms with Crippen LogP contribution in [0.25, 0.3) is 0 Å². The molecular formula is C11H12ClNO4. The predicted molar refractivity (Wildman–Crippen MR) is 63.2 cm³/mol. The Morgan fingerprint density at radius 2 is 2.18 bits per heavy atom. The Morgan fingerprint density at radius 3 is 2.71 bits per heavy atom. The van der Waals surface area contributed by atoms with Crippen molar-refractivity contribution in [1.82, 2.24) is 0 Å². The lowest BCUT2D eigenvalue weighted by Gasteiger charge is -2.08. The molecule has 0 fully saturated rings. The van der Waals surface area contributed by atoms with Crippen molar-refractivity contribution in [2.24, 2.45) is 5.92 Å². The molecule has 0 heterocycles. The normalized spacial score (nSPS) is 10.4. The fourth-order valence-electron chi connectivity index (χ4n) is 1.14. The summed E-state index contributed by atoms with van der Waals surface area (Å²) < 4.78 is 4.96. The monoisotopic (exact) mass is 257 g/mol. The molecule has 0 saturated heterocycles. The van der Waals surface area contributed by atoms with E-state index in [9.17, 15) is 14.9 Å². The second-order valence-corrected chi connectivity index (χ2v) is 4.27. The van der Waals surface area contributed by atoms with Crippen molar-refractivity contribution in [2.45, 2.75) is 13.8 Å². The summed E-state index contributed by atoms with van der Waals surface area (Å²) in [6.07, 6.45) is 0. The van der Waals surface area contributed by atoms with Gasteiger partial charge < -0.3 is 4.74 Å². The summed E-state index contributed by atoms with van der Waals surface area (Å²) in [5, 5.41) is 10.4.